The minimum absolute atomic E-state index is 0.869. The number of nitrogens with one attached hydrogen (secondary N) is 1. The van der Waals surface area contributed by atoms with Crippen molar-refractivity contribution in [1.82, 2.24) is 4.98 Å². The number of para-hydroxylation sites is 2. The number of nitrogens with zero attached hydrogens (tertiary/aromatic N) is 1. The van der Waals surface area contributed by atoms with E-state index in [9.17, 15) is 0 Å². The van der Waals surface area contributed by atoms with Gasteiger partial charge in [0.1, 0.15) is 5.82 Å². The Labute approximate surface area is 176 Å². The summed E-state index contributed by atoms with van der Waals surface area (Å²) in [5, 5.41) is 4.78. The van der Waals surface area contributed by atoms with E-state index in [4.69, 9.17) is 4.98 Å². The number of hydrogen-bond acceptors (Lipinski definition) is 2. The molecule has 0 saturated carbocycles. The molecule has 0 spiro atoms. The monoisotopic (exact) mass is 386 g/mol. The Morgan fingerprint density at radius 1 is 0.567 bits per heavy atom. The smallest absolute Gasteiger partial charge is 0.139 e. The van der Waals surface area contributed by atoms with Crippen molar-refractivity contribution in [2.45, 2.75) is 6.92 Å². The van der Waals surface area contributed by atoms with Gasteiger partial charge in [0.25, 0.3) is 0 Å². The van der Waals surface area contributed by atoms with Crippen LogP contribution in [0.5, 0.6) is 0 Å². The molecule has 1 heterocycles. The molecule has 0 aliphatic carbocycles. The first kappa shape index (κ1) is 18.1. The number of anilines is 2. The number of fused-ring (bicyclic) bond motifs is 1. The number of hydrogen-bond donors (Lipinski definition) is 1. The summed E-state index contributed by atoms with van der Waals surface area (Å²) in [6.07, 6.45) is 0. The minimum Gasteiger partial charge on any atom is -0.339 e. The van der Waals surface area contributed by atoms with Crippen molar-refractivity contribution in [3.8, 4) is 22.3 Å². The van der Waals surface area contributed by atoms with Crippen molar-refractivity contribution in [1.29, 1.82) is 0 Å². The Morgan fingerprint density at radius 3 is 1.83 bits per heavy atom. The Kier molecular flexibility index (Phi) is 4.74. The van der Waals surface area contributed by atoms with E-state index in [0.717, 1.165) is 33.5 Å². The average Bonchev–Trinajstić information content (AvgIpc) is 2.81. The third-order valence-corrected chi connectivity index (χ3v) is 5.42. The molecule has 0 aliphatic rings. The Hall–Kier alpha value is -3.91. The SMILES string of the molecule is Cc1ccccc1Nc1nc2ccccc2c(-c2ccccc2)c1-c1ccccc1. The summed E-state index contributed by atoms with van der Waals surface area (Å²) in [5.74, 6) is 0.869. The molecule has 4 aromatic carbocycles. The first-order chi connectivity index (χ1) is 14.8. The fourth-order valence-electron chi connectivity index (χ4n) is 3.93. The molecule has 2 nitrogen and oxygen atoms in total. The third kappa shape index (κ3) is 3.33. The molecular weight excluding hydrogens is 364 g/mol. The minimum atomic E-state index is 0.869. The zero-order valence-electron chi connectivity index (χ0n) is 16.8. The molecule has 0 amide bonds. The van der Waals surface area contributed by atoms with Crippen LogP contribution in [0, 0.1) is 6.92 Å². The molecule has 0 radical (unpaired) electrons. The molecule has 5 rings (SSSR count). The van der Waals surface area contributed by atoms with E-state index in [1.807, 2.05) is 6.07 Å². The van der Waals surface area contributed by atoms with Gasteiger partial charge >= 0.3 is 0 Å². The van der Waals surface area contributed by atoms with Gasteiger partial charge < -0.3 is 5.32 Å². The van der Waals surface area contributed by atoms with Gasteiger partial charge in [-0.2, -0.15) is 0 Å². The highest BCUT2D eigenvalue weighted by atomic mass is 15.0. The molecule has 0 fully saturated rings. The summed E-state index contributed by atoms with van der Waals surface area (Å²) in [7, 11) is 0. The van der Waals surface area contributed by atoms with Crippen LogP contribution in [0.1, 0.15) is 5.56 Å². The molecule has 0 saturated heterocycles. The zero-order valence-corrected chi connectivity index (χ0v) is 16.8. The summed E-state index contributed by atoms with van der Waals surface area (Å²) < 4.78 is 0. The van der Waals surface area contributed by atoms with Gasteiger partial charge in [0, 0.05) is 22.2 Å². The Morgan fingerprint density at radius 2 is 1.13 bits per heavy atom. The van der Waals surface area contributed by atoms with Crippen LogP contribution in [-0.2, 0) is 0 Å². The highest BCUT2D eigenvalue weighted by Gasteiger charge is 2.18. The molecule has 2 heteroatoms. The second-order valence-electron chi connectivity index (χ2n) is 7.40. The van der Waals surface area contributed by atoms with Crippen molar-refractivity contribution in [2.75, 3.05) is 5.32 Å². The molecule has 0 bridgehead atoms. The molecule has 1 aromatic heterocycles. The van der Waals surface area contributed by atoms with Gasteiger partial charge in [-0.1, -0.05) is 97.1 Å². The Balaban J connectivity index is 1.86. The first-order valence-corrected chi connectivity index (χ1v) is 10.2. The normalized spacial score (nSPS) is 10.8. The molecular formula is C28H22N2. The van der Waals surface area contributed by atoms with E-state index in [0.29, 0.717) is 0 Å². The molecule has 5 aromatic rings. The van der Waals surface area contributed by atoms with Crippen molar-refractivity contribution < 1.29 is 0 Å². The summed E-state index contributed by atoms with van der Waals surface area (Å²) in [5.41, 5.74) is 7.87. The standard InChI is InChI=1S/C28H22N2/c1-20-12-8-10-18-24(20)29-28-27(22-15-6-3-7-16-22)26(21-13-4-2-5-14-21)23-17-9-11-19-25(23)30-28/h2-19H,1H3,(H,29,30). The lowest BCUT2D eigenvalue weighted by Gasteiger charge is -2.19. The van der Waals surface area contributed by atoms with Gasteiger partial charge in [0.2, 0.25) is 0 Å². The van der Waals surface area contributed by atoms with E-state index in [1.54, 1.807) is 0 Å². The van der Waals surface area contributed by atoms with Crippen molar-refractivity contribution in [2.24, 2.45) is 0 Å². The van der Waals surface area contributed by atoms with Crippen molar-refractivity contribution in [3.05, 3.63) is 115 Å². The summed E-state index contributed by atoms with van der Waals surface area (Å²) in [6.45, 7) is 2.11. The van der Waals surface area contributed by atoms with Gasteiger partial charge in [-0.3, -0.25) is 0 Å². The van der Waals surface area contributed by atoms with E-state index in [2.05, 4.69) is 115 Å². The van der Waals surface area contributed by atoms with E-state index < -0.39 is 0 Å². The van der Waals surface area contributed by atoms with Gasteiger partial charge in [-0.15, -0.1) is 0 Å². The predicted molar refractivity (Wildman–Crippen MR) is 127 cm³/mol. The summed E-state index contributed by atoms with van der Waals surface area (Å²) in [6, 6.07) is 37.8. The van der Waals surface area contributed by atoms with Crippen LogP contribution in [0.4, 0.5) is 11.5 Å². The first-order valence-electron chi connectivity index (χ1n) is 10.2. The van der Waals surface area contributed by atoms with Crippen LogP contribution < -0.4 is 5.32 Å². The molecule has 1 N–H and O–H groups in total. The van der Waals surface area contributed by atoms with E-state index in [1.165, 1.54) is 16.7 Å². The van der Waals surface area contributed by atoms with Crippen LogP contribution in [0.15, 0.2) is 109 Å². The van der Waals surface area contributed by atoms with Gasteiger partial charge in [0.05, 0.1) is 5.52 Å². The number of pyridine rings is 1. The van der Waals surface area contributed by atoms with Gasteiger partial charge in [-0.25, -0.2) is 4.98 Å². The van der Waals surface area contributed by atoms with E-state index >= 15 is 0 Å². The lowest BCUT2D eigenvalue weighted by Crippen LogP contribution is -2.01. The fourth-order valence-corrected chi connectivity index (χ4v) is 3.93. The largest absolute Gasteiger partial charge is 0.339 e. The van der Waals surface area contributed by atoms with Crippen LogP contribution in [0.25, 0.3) is 33.2 Å². The highest BCUT2D eigenvalue weighted by molar-refractivity contribution is 6.06. The highest BCUT2D eigenvalue weighted by Crippen LogP contribution is 2.42. The van der Waals surface area contributed by atoms with Crippen molar-refractivity contribution in [3.63, 3.8) is 0 Å². The number of benzene rings is 4. The van der Waals surface area contributed by atoms with Crippen molar-refractivity contribution >= 4 is 22.4 Å². The molecule has 0 unspecified atom stereocenters. The van der Waals surface area contributed by atoms with E-state index in [-0.39, 0.29) is 0 Å². The number of aromatic nitrogens is 1. The van der Waals surface area contributed by atoms with Crippen LogP contribution in [0.2, 0.25) is 0 Å². The lowest BCUT2D eigenvalue weighted by atomic mass is 9.91. The van der Waals surface area contributed by atoms with Crippen LogP contribution in [0.3, 0.4) is 0 Å². The Bertz CT molecular complexity index is 1310. The van der Waals surface area contributed by atoms with Gasteiger partial charge in [-0.05, 0) is 35.7 Å². The van der Waals surface area contributed by atoms with Crippen LogP contribution in [-0.4, -0.2) is 4.98 Å². The topological polar surface area (TPSA) is 24.9 Å². The maximum absolute atomic E-state index is 5.06. The summed E-state index contributed by atoms with van der Waals surface area (Å²) >= 11 is 0. The zero-order chi connectivity index (χ0) is 20.3. The average molecular weight is 386 g/mol. The lowest BCUT2D eigenvalue weighted by molar-refractivity contribution is 1.34. The summed E-state index contributed by atoms with van der Waals surface area (Å²) in [4.78, 5) is 5.06. The maximum Gasteiger partial charge on any atom is 0.139 e. The quantitative estimate of drug-likeness (QED) is 0.343. The number of rotatable bonds is 4. The second-order valence-corrected chi connectivity index (χ2v) is 7.40. The molecule has 0 atom stereocenters. The molecule has 30 heavy (non-hydrogen) atoms. The predicted octanol–water partition coefficient (Wildman–Crippen LogP) is 7.62. The molecule has 144 valence electrons. The molecule has 0 aliphatic heterocycles. The van der Waals surface area contributed by atoms with Crippen LogP contribution >= 0.6 is 0 Å². The maximum atomic E-state index is 5.06. The third-order valence-electron chi connectivity index (χ3n) is 5.42. The van der Waals surface area contributed by atoms with Gasteiger partial charge in [0.15, 0.2) is 0 Å². The number of aryl methyl sites for hydroxylation is 1. The second kappa shape index (κ2) is 7.84. The fraction of sp³-hybridized carbons (Fsp3) is 0.0357.